The van der Waals surface area contributed by atoms with Crippen molar-refractivity contribution in [1.82, 2.24) is 0 Å². The molecule has 0 aromatic carbocycles. The standard InChI is InChI=1S/C18H30O2.K/c1-2-3-4-5-6-7-8-9-10-11-12-13-14-15-16-17-18(19)20;/h3-4,6-7,9-10H,2,5,8,11-17H2,1H3,(H,19,20);/q;+1/p-1. The van der Waals surface area contributed by atoms with E-state index in [2.05, 4.69) is 43.4 Å². The van der Waals surface area contributed by atoms with E-state index in [0.717, 1.165) is 44.9 Å². The Balaban J connectivity index is 0. The Kier molecular flexibility index (Phi) is 22.8. The zero-order valence-electron chi connectivity index (χ0n) is 13.9. The largest absolute Gasteiger partial charge is 1.00 e. The van der Waals surface area contributed by atoms with Crippen molar-refractivity contribution in [3.8, 4) is 0 Å². The fourth-order valence-corrected chi connectivity index (χ4v) is 1.89. The van der Waals surface area contributed by atoms with Gasteiger partial charge in [-0.2, -0.15) is 0 Å². The molecule has 0 aliphatic carbocycles. The second-order valence-electron chi connectivity index (χ2n) is 4.97. The first kappa shape index (κ1) is 23.6. The minimum absolute atomic E-state index is 0. The summed E-state index contributed by atoms with van der Waals surface area (Å²) in [7, 11) is 0. The van der Waals surface area contributed by atoms with Gasteiger partial charge in [-0.25, -0.2) is 0 Å². The molecule has 21 heavy (non-hydrogen) atoms. The van der Waals surface area contributed by atoms with Crippen molar-refractivity contribution in [2.24, 2.45) is 0 Å². The molecule has 0 aliphatic heterocycles. The summed E-state index contributed by atoms with van der Waals surface area (Å²) in [5.74, 6) is -0.925. The molecule has 0 saturated heterocycles. The van der Waals surface area contributed by atoms with Gasteiger partial charge < -0.3 is 9.90 Å². The third kappa shape index (κ3) is 22.7. The molecule has 114 valence electrons. The van der Waals surface area contributed by atoms with E-state index in [-0.39, 0.29) is 57.8 Å². The topological polar surface area (TPSA) is 40.1 Å². The quantitative estimate of drug-likeness (QED) is 0.292. The maximum Gasteiger partial charge on any atom is 1.00 e. The predicted molar refractivity (Wildman–Crippen MR) is 84.3 cm³/mol. The van der Waals surface area contributed by atoms with Crippen LogP contribution in [0, 0.1) is 0 Å². The zero-order chi connectivity index (χ0) is 14.9. The van der Waals surface area contributed by atoms with E-state index in [4.69, 9.17) is 0 Å². The van der Waals surface area contributed by atoms with Gasteiger partial charge >= 0.3 is 51.4 Å². The van der Waals surface area contributed by atoms with Crippen molar-refractivity contribution in [3.05, 3.63) is 36.5 Å². The maximum atomic E-state index is 10.2. The van der Waals surface area contributed by atoms with Crippen molar-refractivity contribution in [1.29, 1.82) is 0 Å². The number of carboxylic acid groups (broad SMARTS) is 1. The number of unbranched alkanes of at least 4 members (excludes halogenated alkanes) is 5. The van der Waals surface area contributed by atoms with E-state index in [0.29, 0.717) is 0 Å². The van der Waals surface area contributed by atoms with Gasteiger partial charge in [0.1, 0.15) is 0 Å². The second kappa shape index (κ2) is 20.3. The molecule has 0 spiro atoms. The number of allylic oxidation sites excluding steroid dienone is 6. The molecule has 0 aromatic heterocycles. The Hall–Kier alpha value is 0.326. The Labute approximate surface area is 173 Å². The van der Waals surface area contributed by atoms with Crippen LogP contribution < -0.4 is 56.5 Å². The van der Waals surface area contributed by atoms with Crippen LogP contribution in [0.4, 0.5) is 0 Å². The van der Waals surface area contributed by atoms with Gasteiger partial charge in [-0.15, -0.1) is 0 Å². The van der Waals surface area contributed by atoms with Crippen LogP contribution in [-0.4, -0.2) is 5.97 Å². The van der Waals surface area contributed by atoms with Gasteiger partial charge in [-0.3, -0.25) is 0 Å². The third-order valence-electron chi connectivity index (χ3n) is 3.03. The third-order valence-corrected chi connectivity index (χ3v) is 3.03. The minimum Gasteiger partial charge on any atom is -0.550 e. The maximum absolute atomic E-state index is 10.2. The molecule has 0 unspecified atom stereocenters. The van der Waals surface area contributed by atoms with Crippen LogP contribution in [0.3, 0.4) is 0 Å². The first-order valence-corrected chi connectivity index (χ1v) is 7.92. The second-order valence-corrected chi connectivity index (χ2v) is 4.97. The summed E-state index contributed by atoms with van der Waals surface area (Å²) in [4.78, 5) is 10.2. The molecule has 0 aliphatic rings. The number of carbonyl (C=O) groups excluding carboxylic acids is 1. The molecule has 0 N–H and O–H groups in total. The molecule has 0 rings (SSSR count). The van der Waals surface area contributed by atoms with E-state index in [9.17, 15) is 9.90 Å². The summed E-state index contributed by atoms with van der Waals surface area (Å²) in [5.41, 5.74) is 0. The van der Waals surface area contributed by atoms with Crippen molar-refractivity contribution in [3.63, 3.8) is 0 Å². The Morgan fingerprint density at radius 2 is 1.33 bits per heavy atom. The van der Waals surface area contributed by atoms with Crippen LogP contribution in [-0.2, 0) is 4.79 Å². The van der Waals surface area contributed by atoms with Crippen molar-refractivity contribution < 1.29 is 61.3 Å². The van der Waals surface area contributed by atoms with Gasteiger partial charge in [-0.05, 0) is 44.9 Å². The smallest absolute Gasteiger partial charge is 0.550 e. The molecule has 0 heterocycles. The van der Waals surface area contributed by atoms with E-state index in [1.165, 1.54) is 12.8 Å². The summed E-state index contributed by atoms with van der Waals surface area (Å²) in [6.45, 7) is 2.15. The van der Waals surface area contributed by atoms with Gasteiger partial charge in [0.05, 0.1) is 0 Å². The first-order chi connectivity index (χ1) is 9.77. The van der Waals surface area contributed by atoms with Crippen LogP contribution in [0.2, 0.25) is 0 Å². The minimum atomic E-state index is -0.925. The normalized spacial score (nSPS) is 11.5. The van der Waals surface area contributed by atoms with Gasteiger partial charge in [0.15, 0.2) is 0 Å². The molecule has 0 radical (unpaired) electrons. The number of aliphatic carboxylic acids is 1. The van der Waals surface area contributed by atoms with E-state index >= 15 is 0 Å². The van der Waals surface area contributed by atoms with Crippen LogP contribution in [0.5, 0.6) is 0 Å². The fraction of sp³-hybridized carbons (Fsp3) is 0.611. The Morgan fingerprint density at radius 3 is 1.95 bits per heavy atom. The van der Waals surface area contributed by atoms with E-state index in [1.54, 1.807) is 0 Å². The van der Waals surface area contributed by atoms with Crippen LogP contribution >= 0.6 is 0 Å². The zero-order valence-corrected chi connectivity index (χ0v) is 17.0. The number of hydrogen-bond donors (Lipinski definition) is 0. The molecule has 0 fully saturated rings. The number of rotatable bonds is 13. The van der Waals surface area contributed by atoms with Crippen LogP contribution in [0.15, 0.2) is 36.5 Å². The number of hydrogen-bond acceptors (Lipinski definition) is 2. The summed E-state index contributed by atoms with van der Waals surface area (Å²) >= 11 is 0. The van der Waals surface area contributed by atoms with E-state index in [1.807, 2.05) is 0 Å². The molecular formula is C18H29KO2. The average molecular weight is 317 g/mol. The SMILES string of the molecule is CCC=CCC=CCC=CCCCCCCCC(=O)[O-].[K+]. The molecule has 0 atom stereocenters. The van der Waals surface area contributed by atoms with E-state index < -0.39 is 5.97 Å². The van der Waals surface area contributed by atoms with Gasteiger partial charge in [-0.1, -0.05) is 62.6 Å². The fourth-order valence-electron chi connectivity index (χ4n) is 1.89. The molecule has 0 bridgehead atoms. The number of carboxylic acids is 1. The van der Waals surface area contributed by atoms with Gasteiger partial charge in [0.25, 0.3) is 0 Å². The summed E-state index contributed by atoms with van der Waals surface area (Å²) in [6.07, 6.45) is 23.0. The monoisotopic (exact) mass is 316 g/mol. The van der Waals surface area contributed by atoms with Crippen molar-refractivity contribution >= 4 is 5.97 Å². The molecule has 3 heteroatoms. The molecular weight excluding hydrogens is 287 g/mol. The van der Waals surface area contributed by atoms with Gasteiger partial charge in [0.2, 0.25) is 0 Å². The number of carbonyl (C=O) groups is 1. The molecule has 0 aromatic rings. The molecule has 0 amide bonds. The Morgan fingerprint density at radius 1 is 0.810 bits per heavy atom. The van der Waals surface area contributed by atoms with Crippen molar-refractivity contribution in [2.45, 2.75) is 71.1 Å². The molecule has 2 nitrogen and oxygen atoms in total. The summed E-state index contributed by atoms with van der Waals surface area (Å²) in [5, 5.41) is 10.2. The first-order valence-electron chi connectivity index (χ1n) is 7.92. The predicted octanol–water partition coefficient (Wildman–Crippen LogP) is 1.33. The summed E-state index contributed by atoms with van der Waals surface area (Å²) < 4.78 is 0. The molecule has 0 saturated carbocycles. The Bertz CT molecular complexity index is 306. The summed E-state index contributed by atoms with van der Waals surface area (Å²) in [6, 6.07) is 0. The van der Waals surface area contributed by atoms with Crippen LogP contribution in [0.1, 0.15) is 71.1 Å². The van der Waals surface area contributed by atoms with Gasteiger partial charge in [0, 0.05) is 5.97 Å². The van der Waals surface area contributed by atoms with Crippen molar-refractivity contribution in [2.75, 3.05) is 0 Å². The van der Waals surface area contributed by atoms with Crippen LogP contribution in [0.25, 0.3) is 0 Å². The average Bonchev–Trinajstić information content (AvgIpc) is 2.43.